The van der Waals surface area contributed by atoms with E-state index in [4.69, 9.17) is 9.15 Å². The Labute approximate surface area is 148 Å². The molecule has 2 aromatic carbocycles. The van der Waals surface area contributed by atoms with Crippen molar-refractivity contribution in [3.8, 4) is 5.75 Å². The van der Waals surface area contributed by atoms with E-state index in [1.807, 2.05) is 30.3 Å². The Morgan fingerprint density at radius 3 is 2.69 bits per heavy atom. The number of nitro benzene ring substituents is 1. The number of para-hydroxylation sites is 1. The van der Waals surface area contributed by atoms with Crippen molar-refractivity contribution in [1.82, 2.24) is 5.32 Å². The predicted octanol–water partition coefficient (Wildman–Crippen LogP) is 4.23. The molecule has 0 saturated heterocycles. The third-order valence-corrected chi connectivity index (χ3v) is 3.86. The summed E-state index contributed by atoms with van der Waals surface area (Å²) in [5.41, 5.74) is 0.791. The fourth-order valence-corrected chi connectivity index (χ4v) is 2.55. The van der Waals surface area contributed by atoms with Gasteiger partial charge in [-0.15, -0.1) is 0 Å². The summed E-state index contributed by atoms with van der Waals surface area (Å²) in [6, 6.07) is 12.4. The van der Waals surface area contributed by atoms with Crippen LogP contribution in [0.5, 0.6) is 5.75 Å². The highest BCUT2D eigenvalue weighted by atomic mass is 16.6. The molecule has 0 aliphatic carbocycles. The summed E-state index contributed by atoms with van der Waals surface area (Å²) in [6.07, 6.45) is 0. The molecule has 3 aromatic rings. The van der Waals surface area contributed by atoms with E-state index >= 15 is 0 Å². The quantitative estimate of drug-likeness (QED) is 0.526. The number of hydrogen-bond donors (Lipinski definition) is 2. The van der Waals surface area contributed by atoms with Gasteiger partial charge in [-0.1, -0.05) is 18.2 Å². The molecule has 0 spiro atoms. The van der Waals surface area contributed by atoms with Gasteiger partial charge in [0.25, 0.3) is 5.69 Å². The van der Waals surface area contributed by atoms with Crippen molar-refractivity contribution in [1.29, 1.82) is 0 Å². The molecule has 0 fully saturated rings. The lowest BCUT2D eigenvalue weighted by Crippen LogP contribution is -2.31. The molecule has 1 heterocycles. The van der Waals surface area contributed by atoms with Crippen molar-refractivity contribution in [2.45, 2.75) is 13.0 Å². The second-order valence-corrected chi connectivity index (χ2v) is 5.65. The first-order valence-electron chi connectivity index (χ1n) is 7.86. The molecule has 2 amide bonds. The highest BCUT2D eigenvalue weighted by Gasteiger charge is 2.17. The van der Waals surface area contributed by atoms with Crippen LogP contribution in [0.15, 0.2) is 52.9 Å². The van der Waals surface area contributed by atoms with Crippen LogP contribution in [-0.4, -0.2) is 18.1 Å². The smallest absolute Gasteiger partial charge is 0.319 e. The number of amides is 2. The Bertz CT molecular complexity index is 933. The highest BCUT2D eigenvalue weighted by Crippen LogP contribution is 2.29. The number of furan rings is 1. The molecule has 2 N–H and O–H groups in total. The molecule has 26 heavy (non-hydrogen) atoms. The average Bonchev–Trinajstić information content (AvgIpc) is 3.05. The third kappa shape index (κ3) is 3.59. The zero-order valence-corrected chi connectivity index (χ0v) is 14.2. The van der Waals surface area contributed by atoms with Gasteiger partial charge in [0.1, 0.15) is 17.1 Å². The second-order valence-electron chi connectivity index (χ2n) is 5.65. The lowest BCUT2D eigenvalue weighted by Gasteiger charge is -2.14. The number of nitro groups is 1. The number of rotatable bonds is 5. The number of ether oxygens (including phenoxy) is 1. The summed E-state index contributed by atoms with van der Waals surface area (Å²) in [5.74, 6) is 0.925. The van der Waals surface area contributed by atoms with Crippen molar-refractivity contribution in [3.05, 3.63) is 64.4 Å². The minimum absolute atomic E-state index is 0.147. The Kier molecular flexibility index (Phi) is 4.74. The van der Waals surface area contributed by atoms with E-state index in [1.165, 1.54) is 25.3 Å². The third-order valence-electron chi connectivity index (χ3n) is 3.86. The van der Waals surface area contributed by atoms with Crippen LogP contribution >= 0.6 is 0 Å². The Morgan fingerprint density at radius 1 is 1.23 bits per heavy atom. The van der Waals surface area contributed by atoms with Gasteiger partial charge in [-0.25, -0.2) is 4.79 Å². The molecule has 134 valence electrons. The van der Waals surface area contributed by atoms with E-state index in [0.29, 0.717) is 11.5 Å². The molecular weight excluding hydrogens is 338 g/mol. The first-order chi connectivity index (χ1) is 12.5. The van der Waals surface area contributed by atoms with Gasteiger partial charge in [0, 0.05) is 17.5 Å². The number of fused-ring (bicyclic) bond motifs is 1. The average molecular weight is 355 g/mol. The summed E-state index contributed by atoms with van der Waals surface area (Å²) in [4.78, 5) is 22.6. The molecule has 0 saturated carbocycles. The lowest BCUT2D eigenvalue weighted by molar-refractivity contribution is -0.384. The zero-order valence-electron chi connectivity index (χ0n) is 14.2. The van der Waals surface area contributed by atoms with E-state index in [1.54, 1.807) is 6.92 Å². The Morgan fingerprint density at radius 2 is 2.00 bits per heavy atom. The summed E-state index contributed by atoms with van der Waals surface area (Å²) in [6.45, 7) is 1.78. The van der Waals surface area contributed by atoms with Gasteiger partial charge in [0.15, 0.2) is 0 Å². The highest BCUT2D eigenvalue weighted by molar-refractivity contribution is 5.91. The summed E-state index contributed by atoms with van der Waals surface area (Å²) >= 11 is 0. The van der Waals surface area contributed by atoms with Crippen LogP contribution in [0.3, 0.4) is 0 Å². The van der Waals surface area contributed by atoms with Crippen LogP contribution in [0.1, 0.15) is 18.7 Å². The van der Waals surface area contributed by atoms with Gasteiger partial charge in [-0.3, -0.25) is 10.1 Å². The summed E-state index contributed by atoms with van der Waals surface area (Å²) in [7, 11) is 1.42. The van der Waals surface area contributed by atoms with Crippen LogP contribution in [-0.2, 0) is 0 Å². The monoisotopic (exact) mass is 355 g/mol. The van der Waals surface area contributed by atoms with Gasteiger partial charge in [0.05, 0.1) is 23.8 Å². The normalized spacial score (nSPS) is 11.8. The van der Waals surface area contributed by atoms with Crippen LogP contribution < -0.4 is 15.4 Å². The van der Waals surface area contributed by atoms with Crippen LogP contribution in [0, 0.1) is 10.1 Å². The first kappa shape index (κ1) is 17.3. The fraction of sp³-hybridized carbons (Fsp3) is 0.167. The van der Waals surface area contributed by atoms with Crippen molar-refractivity contribution in [2.24, 2.45) is 0 Å². The maximum Gasteiger partial charge on any atom is 0.319 e. The minimum Gasteiger partial charge on any atom is -0.495 e. The molecule has 0 bridgehead atoms. The van der Waals surface area contributed by atoms with Crippen LogP contribution in [0.2, 0.25) is 0 Å². The van der Waals surface area contributed by atoms with Crippen LogP contribution in [0.25, 0.3) is 11.0 Å². The lowest BCUT2D eigenvalue weighted by atomic mass is 10.2. The van der Waals surface area contributed by atoms with Gasteiger partial charge in [-0.2, -0.15) is 0 Å². The number of carbonyl (C=O) groups excluding carboxylic acids is 1. The largest absolute Gasteiger partial charge is 0.495 e. The number of anilines is 1. The number of nitrogens with one attached hydrogen (secondary N) is 2. The zero-order chi connectivity index (χ0) is 18.7. The van der Waals surface area contributed by atoms with Gasteiger partial charge in [-0.05, 0) is 25.1 Å². The van der Waals surface area contributed by atoms with E-state index in [0.717, 1.165) is 11.0 Å². The summed E-state index contributed by atoms with van der Waals surface area (Å²) in [5, 5.41) is 17.2. The van der Waals surface area contributed by atoms with Crippen molar-refractivity contribution >= 4 is 28.4 Å². The molecule has 3 rings (SSSR count). The maximum absolute atomic E-state index is 12.3. The van der Waals surface area contributed by atoms with Crippen molar-refractivity contribution in [3.63, 3.8) is 0 Å². The SMILES string of the molecule is COc1ccc([N+](=O)[O-])cc1NC(=O)NC(C)c1cc2ccccc2o1. The van der Waals surface area contributed by atoms with Gasteiger partial charge < -0.3 is 19.8 Å². The molecule has 1 atom stereocenters. The van der Waals surface area contributed by atoms with Crippen molar-refractivity contribution < 1.29 is 18.9 Å². The maximum atomic E-state index is 12.3. The van der Waals surface area contributed by atoms with Crippen molar-refractivity contribution in [2.75, 3.05) is 12.4 Å². The molecule has 0 radical (unpaired) electrons. The molecule has 8 heteroatoms. The molecular formula is C18H17N3O5. The van der Waals surface area contributed by atoms with Crippen LogP contribution in [0.4, 0.5) is 16.2 Å². The molecule has 8 nitrogen and oxygen atoms in total. The topological polar surface area (TPSA) is 107 Å². The first-order valence-corrected chi connectivity index (χ1v) is 7.86. The number of urea groups is 1. The van der Waals surface area contributed by atoms with Gasteiger partial charge >= 0.3 is 6.03 Å². The fourth-order valence-electron chi connectivity index (χ4n) is 2.55. The number of carbonyl (C=O) groups is 1. The second kappa shape index (κ2) is 7.14. The van der Waals surface area contributed by atoms with E-state index in [-0.39, 0.29) is 11.4 Å². The minimum atomic E-state index is -0.542. The van der Waals surface area contributed by atoms with E-state index < -0.39 is 17.0 Å². The standard InChI is InChI=1S/C18H17N3O5/c1-11(17-9-12-5-3-4-6-15(12)26-17)19-18(22)20-14-10-13(21(23)24)7-8-16(14)25-2/h3-11H,1-2H3,(H2,19,20,22). The molecule has 0 aliphatic rings. The van der Waals surface area contributed by atoms with E-state index in [9.17, 15) is 14.9 Å². The summed E-state index contributed by atoms with van der Waals surface area (Å²) < 4.78 is 10.8. The Balaban J connectivity index is 1.73. The number of non-ortho nitro benzene ring substituents is 1. The molecule has 1 aromatic heterocycles. The van der Waals surface area contributed by atoms with Gasteiger partial charge in [0.2, 0.25) is 0 Å². The van der Waals surface area contributed by atoms with E-state index in [2.05, 4.69) is 10.6 Å². The number of nitrogens with zero attached hydrogens (tertiary/aromatic N) is 1. The number of benzene rings is 2. The predicted molar refractivity (Wildman–Crippen MR) is 96.4 cm³/mol. The Hall–Kier alpha value is -3.55. The number of methoxy groups -OCH3 is 1. The number of hydrogen-bond acceptors (Lipinski definition) is 5. The molecule has 1 unspecified atom stereocenters. The molecule has 0 aliphatic heterocycles.